The van der Waals surface area contributed by atoms with Gasteiger partial charge in [-0.3, -0.25) is 4.79 Å². The number of hydrogen-bond acceptors (Lipinski definition) is 3. The minimum Gasteiger partial charge on any atom is -0.391 e. The molecule has 1 aromatic heterocycles. The lowest BCUT2D eigenvalue weighted by Crippen LogP contribution is -2.44. The van der Waals surface area contributed by atoms with Crippen LogP contribution in [-0.4, -0.2) is 23.2 Å². The zero-order chi connectivity index (χ0) is 13.2. The molecule has 0 bridgehead atoms. The van der Waals surface area contributed by atoms with Crippen LogP contribution >= 0.6 is 11.3 Å². The first-order chi connectivity index (χ1) is 9.24. The van der Waals surface area contributed by atoms with Crippen LogP contribution in [0.1, 0.15) is 58.6 Å². The van der Waals surface area contributed by atoms with Gasteiger partial charge in [0.25, 0.3) is 5.91 Å². The van der Waals surface area contributed by atoms with Crippen molar-refractivity contribution in [3.63, 3.8) is 0 Å². The fourth-order valence-corrected chi connectivity index (χ4v) is 4.28. The average molecular weight is 279 g/mol. The number of aliphatic hydroxyl groups is 1. The van der Waals surface area contributed by atoms with E-state index in [1.165, 1.54) is 23.3 Å². The summed E-state index contributed by atoms with van der Waals surface area (Å²) in [6.07, 6.45) is 8.24. The van der Waals surface area contributed by atoms with E-state index < -0.39 is 0 Å². The van der Waals surface area contributed by atoms with Crippen LogP contribution in [0.2, 0.25) is 0 Å². The highest BCUT2D eigenvalue weighted by Crippen LogP contribution is 2.30. The molecule has 2 aliphatic rings. The van der Waals surface area contributed by atoms with Gasteiger partial charge in [0.05, 0.1) is 17.0 Å². The Bertz CT molecular complexity index is 445. The molecule has 1 saturated carbocycles. The molecule has 0 unspecified atom stereocenters. The molecule has 1 amide bonds. The average Bonchev–Trinajstić information content (AvgIpc) is 2.85. The van der Waals surface area contributed by atoms with E-state index in [9.17, 15) is 9.90 Å². The largest absolute Gasteiger partial charge is 0.391 e. The topological polar surface area (TPSA) is 49.3 Å². The van der Waals surface area contributed by atoms with Gasteiger partial charge in [-0.25, -0.2) is 0 Å². The van der Waals surface area contributed by atoms with Crippen LogP contribution in [-0.2, 0) is 12.8 Å². The van der Waals surface area contributed by atoms with Crippen LogP contribution in [0, 0.1) is 0 Å². The summed E-state index contributed by atoms with van der Waals surface area (Å²) in [4.78, 5) is 14.5. The third-order valence-corrected chi connectivity index (χ3v) is 5.50. The Kier molecular flexibility index (Phi) is 3.89. The van der Waals surface area contributed by atoms with Crippen LogP contribution in [0.4, 0.5) is 0 Å². The van der Waals surface area contributed by atoms with Gasteiger partial charge in [0.2, 0.25) is 0 Å². The number of carbonyl (C=O) groups is 1. The second-order valence-electron chi connectivity index (χ2n) is 5.70. The van der Waals surface area contributed by atoms with Gasteiger partial charge in [-0.1, -0.05) is 12.8 Å². The summed E-state index contributed by atoms with van der Waals surface area (Å²) in [7, 11) is 0. The molecule has 0 aromatic carbocycles. The third-order valence-electron chi connectivity index (χ3n) is 4.27. The third kappa shape index (κ3) is 2.84. The Morgan fingerprint density at radius 3 is 2.79 bits per heavy atom. The van der Waals surface area contributed by atoms with E-state index in [2.05, 4.69) is 11.4 Å². The van der Waals surface area contributed by atoms with Crippen LogP contribution in [0.15, 0.2) is 6.07 Å². The zero-order valence-corrected chi connectivity index (χ0v) is 12.0. The first kappa shape index (κ1) is 13.1. The molecule has 0 saturated heterocycles. The Labute approximate surface area is 118 Å². The number of nitrogens with one attached hydrogen (secondary N) is 1. The van der Waals surface area contributed by atoms with Crippen molar-refractivity contribution in [2.75, 3.05) is 0 Å². The molecule has 1 heterocycles. The van der Waals surface area contributed by atoms with Crippen molar-refractivity contribution in [1.29, 1.82) is 0 Å². The van der Waals surface area contributed by atoms with E-state index in [0.29, 0.717) is 0 Å². The first-order valence-corrected chi connectivity index (χ1v) is 8.16. The number of rotatable bonds is 2. The molecule has 0 aliphatic heterocycles. The van der Waals surface area contributed by atoms with E-state index >= 15 is 0 Å². The molecule has 4 heteroatoms. The number of hydrogen-bond donors (Lipinski definition) is 2. The maximum Gasteiger partial charge on any atom is 0.261 e. The van der Waals surface area contributed by atoms with Crippen molar-refractivity contribution < 1.29 is 9.90 Å². The van der Waals surface area contributed by atoms with Crippen LogP contribution in [0.3, 0.4) is 0 Å². The Morgan fingerprint density at radius 1 is 1.21 bits per heavy atom. The first-order valence-electron chi connectivity index (χ1n) is 7.34. The van der Waals surface area contributed by atoms with Gasteiger partial charge in [-0.15, -0.1) is 11.3 Å². The quantitative estimate of drug-likeness (QED) is 0.874. The number of aryl methyl sites for hydroxylation is 2. The summed E-state index contributed by atoms with van der Waals surface area (Å²) in [5.41, 5.74) is 1.37. The Morgan fingerprint density at radius 2 is 2.00 bits per heavy atom. The summed E-state index contributed by atoms with van der Waals surface area (Å²) >= 11 is 1.64. The van der Waals surface area contributed by atoms with Gasteiger partial charge in [0.15, 0.2) is 0 Å². The summed E-state index contributed by atoms with van der Waals surface area (Å²) in [6.45, 7) is 0. The van der Waals surface area contributed by atoms with E-state index in [1.807, 2.05) is 0 Å². The highest BCUT2D eigenvalue weighted by molar-refractivity contribution is 7.14. The summed E-state index contributed by atoms with van der Waals surface area (Å²) in [6, 6.07) is 2.00. The second-order valence-corrected chi connectivity index (χ2v) is 6.83. The molecule has 1 aromatic rings. The van der Waals surface area contributed by atoms with Crippen LogP contribution in [0.5, 0.6) is 0 Å². The smallest absolute Gasteiger partial charge is 0.261 e. The summed E-state index contributed by atoms with van der Waals surface area (Å²) in [5.74, 6) is 0.00495. The fraction of sp³-hybridized carbons (Fsp3) is 0.667. The normalized spacial score (nSPS) is 26.8. The minimum absolute atomic E-state index is 0.00495. The van der Waals surface area contributed by atoms with Gasteiger partial charge in [0, 0.05) is 4.88 Å². The molecule has 2 aliphatic carbocycles. The number of carbonyl (C=O) groups excluding carboxylic acids is 1. The minimum atomic E-state index is -0.368. The molecular weight excluding hydrogens is 258 g/mol. The van der Waals surface area contributed by atoms with Gasteiger partial charge in [-0.2, -0.15) is 0 Å². The zero-order valence-electron chi connectivity index (χ0n) is 11.2. The van der Waals surface area contributed by atoms with Gasteiger partial charge in [0.1, 0.15) is 0 Å². The highest BCUT2D eigenvalue weighted by Gasteiger charge is 2.26. The molecule has 104 valence electrons. The lowest BCUT2D eigenvalue weighted by molar-refractivity contribution is 0.0720. The lowest BCUT2D eigenvalue weighted by Gasteiger charge is -2.28. The van der Waals surface area contributed by atoms with Gasteiger partial charge < -0.3 is 10.4 Å². The Balaban J connectivity index is 1.68. The van der Waals surface area contributed by atoms with Crippen molar-refractivity contribution in [3.8, 4) is 0 Å². The fourth-order valence-electron chi connectivity index (χ4n) is 3.12. The SMILES string of the molecule is O=C(N[C@H]1CCCC[C@@H]1O)c1cc2c(s1)CCCC2. The van der Waals surface area contributed by atoms with Crippen molar-refractivity contribution in [2.24, 2.45) is 0 Å². The molecule has 1 fully saturated rings. The molecule has 2 N–H and O–H groups in total. The van der Waals surface area contributed by atoms with E-state index in [-0.39, 0.29) is 18.1 Å². The van der Waals surface area contributed by atoms with Crippen molar-refractivity contribution >= 4 is 17.2 Å². The molecule has 0 radical (unpaired) electrons. The molecule has 3 rings (SSSR count). The monoisotopic (exact) mass is 279 g/mol. The predicted molar refractivity (Wildman–Crippen MR) is 76.7 cm³/mol. The van der Waals surface area contributed by atoms with E-state index in [1.54, 1.807) is 11.3 Å². The van der Waals surface area contributed by atoms with E-state index in [0.717, 1.165) is 43.4 Å². The second kappa shape index (κ2) is 5.63. The molecular formula is C15H21NO2S. The number of fused-ring (bicyclic) bond motifs is 1. The standard InChI is InChI=1S/C15H21NO2S/c17-12-7-3-2-6-11(12)16-15(18)14-9-10-5-1-4-8-13(10)19-14/h9,11-12,17H,1-8H2,(H,16,18)/t11-,12-/m0/s1. The molecule has 2 atom stereocenters. The van der Waals surface area contributed by atoms with Crippen LogP contribution < -0.4 is 5.32 Å². The van der Waals surface area contributed by atoms with Crippen molar-refractivity contribution in [2.45, 2.75) is 63.5 Å². The molecule has 0 spiro atoms. The van der Waals surface area contributed by atoms with Crippen LogP contribution in [0.25, 0.3) is 0 Å². The summed E-state index contributed by atoms with van der Waals surface area (Å²) < 4.78 is 0. The summed E-state index contributed by atoms with van der Waals surface area (Å²) in [5, 5.41) is 12.9. The maximum absolute atomic E-state index is 12.3. The number of amides is 1. The van der Waals surface area contributed by atoms with Crippen molar-refractivity contribution in [3.05, 3.63) is 21.4 Å². The number of thiophene rings is 1. The van der Waals surface area contributed by atoms with Gasteiger partial charge >= 0.3 is 0 Å². The molecule has 19 heavy (non-hydrogen) atoms. The van der Waals surface area contributed by atoms with E-state index in [4.69, 9.17) is 0 Å². The lowest BCUT2D eigenvalue weighted by atomic mass is 9.92. The highest BCUT2D eigenvalue weighted by atomic mass is 32.1. The van der Waals surface area contributed by atoms with Gasteiger partial charge in [-0.05, 0) is 50.2 Å². The van der Waals surface area contributed by atoms with Crippen molar-refractivity contribution in [1.82, 2.24) is 5.32 Å². The number of aliphatic hydroxyl groups excluding tert-OH is 1. The predicted octanol–water partition coefficient (Wildman–Crippen LogP) is 2.66. The Hall–Kier alpha value is -0.870. The maximum atomic E-state index is 12.3. The molecule has 3 nitrogen and oxygen atoms in total.